The summed E-state index contributed by atoms with van der Waals surface area (Å²) < 4.78 is 34.5. The molecule has 2 heterocycles. The van der Waals surface area contributed by atoms with Crippen LogP contribution in [0.1, 0.15) is 12.8 Å². The number of nitrogens with one attached hydrogen (secondary N) is 2. The first-order valence-corrected chi connectivity index (χ1v) is 5.99. The highest BCUT2D eigenvalue weighted by Crippen LogP contribution is 2.42. The predicted molar refractivity (Wildman–Crippen MR) is 62.2 cm³/mol. The standard InChI is InChI=1S/C12H14F2N2O2/c13-12(14)17-10-2-1-9(7-11(10)18-12)16-8-3-5-15-6-4-8/h1-2,7-8,15-16H,3-6H2. The summed E-state index contributed by atoms with van der Waals surface area (Å²) in [6.07, 6.45) is -1.51. The maximum atomic E-state index is 12.9. The Morgan fingerprint density at radius 1 is 1.17 bits per heavy atom. The Kier molecular flexibility index (Phi) is 2.74. The molecule has 2 aliphatic heterocycles. The number of piperidine rings is 1. The van der Waals surface area contributed by atoms with Crippen molar-refractivity contribution in [2.24, 2.45) is 0 Å². The van der Waals surface area contributed by atoms with Gasteiger partial charge in [-0.2, -0.15) is 0 Å². The lowest BCUT2D eigenvalue weighted by Crippen LogP contribution is -2.35. The zero-order chi connectivity index (χ0) is 12.6. The highest BCUT2D eigenvalue weighted by Gasteiger charge is 2.43. The minimum Gasteiger partial charge on any atom is -0.395 e. The summed E-state index contributed by atoms with van der Waals surface area (Å²) in [5.74, 6) is 0.162. The molecule has 0 aromatic heterocycles. The molecule has 0 spiro atoms. The third-order valence-corrected chi connectivity index (χ3v) is 3.11. The minimum absolute atomic E-state index is 0.0795. The van der Waals surface area contributed by atoms with Gasteiger partial charge in [0.05, 0.1) is 0 Å². The Balaban J connectivity index is 1.71. The van der Waals surface area contributed by atoms with Crippen molar-refractivity contribution < 1.29 is 18.3 Å². The van der Waals surface area contributed by atoms with Gasteiger partial charge < -0.3 is 20.1 Å². The van der Waals surface area contributed by atoms with Crippen LogP contribution in [0.15, 0.2) is 18.2 Å². The maximum absolute atomic E-state index is 12.9. The molecule has 1 aromatic carbocycles. The van der Waals surface area contributed by atoms with Crippen LogP contribution in [-0.4, -0.2) is 25.4 Å². The fourth-order valence-electron chi connectivity index (χ4n) is 2.24. The van der Waals surface area contributed by atoms with Crippen molar-refractivity contribution in [3.8, 4) is 11.5 Å². The van der Waals surface area contributed by atoms with Crippen molar-refractivity contribution in [2.45, 2.75) is 25.2 Å². The SMILES string of the molecule is FC1(F)Oc2ccc(NC3CCNCC3)cc2O1. The first-order valence-electron chi connectivity index (χ1n) is 5.99. The van der Waals surface area contributed by atoms with Gasteiger partial charge in [-0.05, 0) is 38.1 Å². The number of rotatable bonds is 2. The van der Waals surface area contributed by atoms with E-state index in [1.165, 1.54) is 6.07 Å². The van der Waals surface area contributed by atoms with Crippen molar-refractivity contribution in [1.82, 2.24) is 5.32 Å². The van der Waals surface area contributed by atoms with Crippen LogP contribution < -0.4 is 20.1 Å². The molecule has 4 nitrogen and oxygen atoms in total. The van der Waals surface area contributed by atoms with Crippen LogP contribution >= 0.6 is 0 Å². The van der Waals surface area contributed by atoms with Gasteiger partial charge in [-0.1, -0.05) is 0 Å². The second-order valence-electron chi connectivity index (χ2n) is 4.50. The van der Waals surface area contributed by atoms with Crippen LogP contribution in [0.2, 0.25) is 0 Å². The van der Waals surface area contributed by atoms with E-state index in [4.69, 9.17) is 0 Å². The largest absolute Gasteiger partial charge is 0.586 e. The molecule has 0 radical (unpaired) electrons. The van der Waals surface area contributed by atoms with E-state index in [0.29, 0.717) is 6.04 Å². The molecule has 2 N–H and O–H groups in total. The lowest BCUT2D eigenvalue weighted by molar-refractivity contribution is -0.286. The van der Waals surface area contributed by atoms with Gasteiger partial charge in [-0.15, -0.1) is 8.78 Å². The Labute approximate surface area is 103 Å². The molecule has 2 aliphatic rings. The average Bonchev–Trinajstić information content (AvgIpc) is 2.63. The fourth-order valence-corrected chi connectivity index (χ4v) is 2.24. The van der Waals surface area contributed by atoms with Gasteiger partial charge in [0, 0.05) is 17.8 Å². The zero-order valence-electron chi connectivity index (χ0n) is 9.71. The third-order valence-electron chi connectivity index (χ3n) is 3.11. The molecule has 3 rings (SSSR count). The molecule has 0 atom stereocenters. The van der Waals surface area contributed by atoms with Gasteiger partial charge in [0.2, 0.25) is 0 Å². The monoisotopic (exact) mass is 256 g/mol. The number of hydrogen-bond donors (Lipinski definition) is 2. The average molecular weight is 256 g/mol. The predicted octanol–water partition coefficient (Wildman–Crippen LogP) is 2.17. The highest BCUT2D eigenvalue weighted by molar-refractivity contribution is 5.56. The van der Waals surface area contributed by atoms with E-state index in [1.54, 1.807) is 12.1 Å². The van der Waals surface area contributed by atoms with Crippen molar-refractivity contribution in [3.05, 3.63) is 18.2 Å². The van der Waals surface area contributed by atoms with Gasteiger partial charge in [0.15, 0.2) is 11.5 Å². The number of benzene rings is 1. The van der Waals surface area contributed by atoms with Crippen LogP contribution in [0.3, 0.4) is 0 Å². The fraction of sp³-hybridized carbons (Fsp3) is 0.500. The van der Waals surface area contributed by atoms with Gasteiger partial charge in [0.25, 0.3) is 0 Å². The Hall–Kier alpha value is -1.56. The molecule has 98 valence electrons. The molecular weight excluding hydrogens is 242 g/mol. The van der Waals surface area contributed by atoms with Gasteiger partial charge in [-0.25, -0.2) is 0 Å². The molecule has 0 unspecified atom stereocenters. The zero-order valence-corrected chi connectivity index (χ0v) is 9.71. The van der Waals surface area contributed by atoms with Crippen LogP contribution in [0.4, 0.5) is 14.5 Å². The van der Waals surface area contributed by atoms with E-state index < -0.39 is 6.29 Å². The van der Waals surface area contributed by atoms with E-state index in [9.17, 15) is 8.78 Å². The maximum Gasteiger partial charge on any atom is 0.586 e. The molecule has 0 amide bonds. The molecule has 1 aromatic rings. The summed E-state index contributed by atoms with van der Waals surface area (Å²) in [5.41, 5.74) is 0.780. The van der Waals surface area contributed by atoms with E-state index in [1.807, 2.05) is 0 Å². The molecule has 1 saturated heterocycles. The molecular formula is C12H14F2N2O2. The number of fused-ring (bicyclic) bond motifs is 1. The second kappa shape index (κ2) is 4.28. The third kappa shape index (κ3) is 2.33. The summed E-state index contributed by atoms with van der Waals surface area (Å²) >= 11 is 0. The van der Waals surface area contributed by atoms with Crippen molar-refractivity contribution in [3.63, 3.8) is 0 Å². The summed E-state index contributed by atoms with van der Waals surface area (Å²) in [7, 11) is 0. The molecule has 18 heavy (non-hydrogen) atoms. The van der Waals surface area contributed by atoms with Crippen molar-refractivity contribution >= 4 is 5.69 Å². The number of anilines is 1. The van der Waals surface area contributed by atoms with E-state index >= 15 is 0 Å². The lowest BCUT2D eigenvalue weighted by atomic mass is 10.1. The summed E-state index contributed by atoms with van der Waals surface area (Å²) in [6.45, 7) is 1.95. The quantitative estimate of drug-likeness (QED) is 0.851. The summed E-state index contributed by atoms with van der Waals surface area (Å²) in [6, 6.07) is 5.15. The molecule has 0 bridgehead atoms. The molecule has 0 aliphatic carbocycles. The number of ether oxygens (including phenoxy) is 2. The Morgan fingerprint density at radius 3 is 2.67 bits per heavy atom. The Morgan fingerprint density at radius 2 is 1.89 bits per heavy atom. The smallest absolute Gasteiger partial charge is 0.395 e. The van der Waals surface area contributed by atoms with Crippen LogP contribution in [0, 0.1) is 0 Å². The van der Waals surface area contributed by atoms with Crippen molar-refractivity contribution in [2.75, 3.05) is 18.4 Å². The molecule has 0 saturated carbocycles. The second-order valence-corrected chi connectivity index (χ2v) is 4.50. The van der Waals surface area contributed by atoms with E-state index in [2.05, 4.69) is 20.1 Å². The summed E-state index contributed by atoms with van der Waals surface area (Å²) in [5, 5.41) is 6.59. The van der Waals surface area contributed by atoms with Crippen LogP contribution in [0.25, 0.3) is 0 Å². The van der Waals surface area contributed by atoms with Gasteiger partial charge in [-0.3, -0.25) is 0 Å². The molecule has 1 fully saturated rings. The first kappa shape index (κ1) is 11.5. The van der Waals surface area contributed by atoms with Crippen LogP contribution in [0.5, 0.6) is 11.5 Å². The number of halogens is 2. The van der Waals surface area contributed by atoms with E-state index in [-0.39, 0.29) is 11.5 Å². The Bertz CT molecular complexity index is 448. The van der Waals surface area contributed by atoms with Gasteiger partial charge >= 0.3 is 6.29 Å². The molecule has 6 heteroatoms. The van der Waals surface area contributed by atoms with Gasteiger partial charge in [0.1, 0.15) is 0 Å². The lowest BCUT2D eigenvalue weighted by Gasteiger charge is -2.24. The highest BCUT2D eigenvalue weighted by atomic mass is 19.3. The first-order chi connectivity index (χ1) is 8.62. The van der Waals surface area contributed by atoms with Crippen molar-refractivity contribution in [1.29, 1.82) is 0 Å². The summed E-state index contributed by atoms with van der Waals surface area (Å²) in [4.78, 5) is 0. The van der Waals surface area contributed by atoms with Crippen LogP contribution in [-0.2, 0) is 0 Å². The number of alkyl halides is 2. The topological polar surface area (TPSA) is 42.5 Å². The number of hydrogen-bond acceptors (Lipinski definition) is 4. The minimum atomic E-state index is -3.55. The van der Waals surface area contributed by atoms with E-state index in [0.717, 1.165) is 31.6 Å². The normalized spacial score (nSPS) is 21.9.